The van der Waals surface area contributed by atoms with Gasteiger partial charge in [0.15, 0.2) is 0 Å². The molecule has 0 saturated heterocycles. The molecule has 0 radical (unpaired) electrons. The van der Waals surface area contributed by atoms with E-state index in [2.05, 4.69) is 25.8 Å². The van der Waals surface area contributed by atoms with Crippen molar-refractivity contribution in [2.24, 2.45) is 28.6 Å². The fourth-order valence-corrected chi connectivity index (χ4v) is 6.87. The van der Waals surface area contributed by atoms with Crippen LogP contribution in [0, 0.1) is 40.9 Å². The first-order valence-corrected chi connectivity index (χ1v) is 9.38. The summed E-state index contributed by atoms with van der Waals surface area (Å²) in [7, 11) is 0. The Hall–Kier alpha value is -0.810. The second kappa shape index (κ2) is 4.85. The molecule has 4 rings (SSSR count). The smallest absolute Gasteiger partial charge is 0.130 e. The van der Waals surface area contributed by atoms with Crippen molar-refractivity contribution >= 4 is 0 Å². The second-order valence-corrected chi connectivity index (χ2v) is 9.10. The molecule has 23 heavy (non-hydrogen) atoms. The Bertz CT molecular complexity index is 589. The lowest BCUT2D eigenvalue weighted by Gasteiger charge is -2.58. The minimum absolute atomic E-state index is 0.137. The second-order valence-electron chi connectivity index (χ2n) is 9.10. The van der Waals surface area contributed by atoms with Gasteiger partial charge >= 0.3 is 0 Å². The lowest BCUT2D eigenvalue weighted by molar-refractivity contribution is -0.0956. The van der Waals surface area contributed by atoms with E-state index in [-0.39, 0.29) is 10.8 Å². The monoisotopic (exact) mass is 316 g/mol. The Morgan fingerprint density at radius 1 is 1.17 bits per heavy atom. The van der Waals surface area contributed by atoms with Crippen molar-refractivity contribution in [3.05, 3.63) is 11.6 Å². The summed E-state index contributed by atoms with van der Waals surface area (Å²) in [6.07, 6.45) is 14.8. The van der Waals surface area contributed by atoms with Crippen LogP contribution in [0.4, 0.5) is 4.39 Å². The molecule has 4 aliphatic rings. The quantitative estimate of drug-likeness (QED) is 0.509. The summed E-state index contributed by atoms with van der Waals surface area (Å²) in [6.45, 7) is 4.60. The molecule has 1 nitrogen and oxygen atoms in total. The number of rotatable bonds is 0. The van der Waals surface area contributed by atoms with Crippen molar-refractivity contribution in [1.82, 2.24) is 0 Å². The number of halogens is 1. The first-order chi connectivity index (χ1) is 10.8. The first kappa shape index (κ1) is 15.7. The Balaban J connectivity index is 1.69. The number of fused-ring (bicyclic) bond motifs is 5. The molecule has 3 unspecified atom stereocenters. The molecule has 1 N–H and O–H groups in total. The van der Waals surface area contributed by atoms with E-state index in [1.54, 1.807) is 0 Å². The van der Waals surface area contributed by atoms with Crippen molar-refractivity contribution in [1.29, 1.82) is 0 Å². The number of hydrogen-bond donors (Lipinski definition) is 1. The molecule has 3 saturated carbocycles. The maximum absolute atomic E-state index is 13.9. The molecule has 4 aliphatic carbocycles. The maximum Gasteiger partial charge on any atom is 0.130 e. The molecule has 3 fully saturated rings. The summed E-state index contributed by atoms with van der Waals surface area (Å²) in [6, 6.07) is 0. The Labute approximate surface area is 139 Å². The fraction of sp³-hybridized carbons (Fsp3) is 0.810. The summed E-state index contributed by atoms with van der Waals surface area (Å²) < 4.78 is 13.9. The third-order valence-corrected chi connectivity index (χ3v) is 8.43. The molecule has 2 heteroatoms. The van der Waals surface area contributed by atoms with E-state index in [1.807, 2.05) is 0 Å². The van der Waals surface area contributed by atoms with Crippen LogP contribution in [0.5, 0.6) is 0 Å². The first-order valence-electron chi connectivity index (χ1n) is 9.38. The molecule has 0 aliphatic heterocycles. The van der Waals surface area contributed by atoms with Crippen LogP contribution in [0.1, 0.15) is 65.2 Å². The van der Waals surface area contributed by atoms with Crippen LogP contribution in [0.2, 0.25) is 0 Å². The summed E-state index contributed by atoms with van der Waals surface area (Å²) in [5.41, 5.74) is 0.502. The van der Waals surface area contributed by atoms with Crippen LogP contribution >= 0.6 is 0 Å². The summed E-state index contributed by atoms with van der Waals surface area (Å²) >= 11 is 0. The Morgan fingerprint density at radius 3 is 2.65 bits per heavy atom. The van der Waals surface area contributed by atoms with Gasteiger partial charge in [0.25, 0.3) is 0 Å². The van der Waals surface area contributed by atoms with Crippen LogP contribution in [0.3, 0.4) is 0 Å². The Kier molecular flexibility index (Phi) is 3.31. The predicted octanol–water partition coefficient (Wildman–Crippen LogP) is 4.65. The molecule has 0 spiro atoms. The SMILES string of the molecule is C#C[C@]1(O)CCC2C3CC=C4C[C@@H](F)CC[C@]4(C)C3CC[C@@]21C. The minimum atomic E-state index is -0.926. The average Bonchev–Trinajstić information content (AvgIpc) is 2.80. The molecule has 0 bridgehead atoms. The van der Waals surface area contributed by atoms with Gasteiger partial charge in [0.2, 0.25) is 0 Å². The minimum Gasteiger partial charge on any atom is -0.377 e. The molecule has 0 aromatic heterocycles. The van der Waals surface area contributed by atoms with E-state index in [0.29, 0.717) is 30.6 Å². The molecule has 0 aromatic rings. The van der Waals surface area contributed by atoms with Gasteiger partial charge in [-0.05, 0) is 68.1 Å². The van der Waals surface area contributed by atoms with Crippen molar-refractivity contribution in [2.45, 2.75) is 77.0 Å². The van der Waals surface area contributed by atoms with E-state index >= 15 is 0 Å². The number of terminal acetylenes is 1. The highest BCUT2D eigenvalue weighted by Gasteiger charge is 2.63. The number of alkyl halides is 1. The van der Waals surface area contributed by atoms with Crippen LogP contribution in [0.15, 0.2) is 11.6 Å². The summed E-state index contributed by atoms with van der Waals surface area (Å²) in [4.78, 5) is 0. The zero-order chi connectivity index (χ0) is 16.5. The van der Waals surface area contributed by atoms with Crippen molar-refractivity contribution < 1.29 is 9.50 Å². The molecular weight excluding hydrogens is 287 g/mol. The van der Waals surface area contributed by atoms with Crippen molar-refractivity contribution in [3.63, 3.8) is 0 Å². The van der Waals surface area contributed by atoms with Gasteiger partial charge in [-0.25, -0.2) is 4.39 Å². The maximum atomic E-state index is 13.9. The molecule has 0 heterocycles. The van der Waals surface area contributed by atoms with Gasteiger partial charge in [0, 0.05) is 11.8 Å². The van der Waals surface area contributed by atoms with Gasteiger partial charge in [0.1, 0.15) is 11.8 Å². The van der Waals surface area contributed by atoms with Crippen LogP contribution < -0.4 is 0 Å². The van der Waals surface area contributed by atoms with E-state index in [9.17, 15) is 9.50 Å². The van der Waals surface area contributed by atoms with Gasteiger partial charge < -0.3 is 5.11 Å². The van der Waals surface area contributed by atoms with E-state index in [4.69, 9.17) is 6.42 Å². The molecular formula is C21H29FO. The Morgan fingerprint density at radius 2 is 1.91 bits per heavy atom. The average molecular weight is 316 g/mol. The standard InChI is InChI=1S/C21H29FO/c1-4-21(23)12-9-18-16-6-5-14-13-15(22)7-10-19(14,2)17(16)8-11-20(18,21)3/h1,5,15-18,23H,6-13H2,2-3H3/t15-,16?,17?,18?,19-,20-,21-/m0/s1. The van der Waals surface area contributed by atoms with Crippen molar-refractivity contribution in [3.8, 4) is 12.3 Å². The largest absolute Gasteiger partial charge is 0.377 e. The molecule has 126 valence electrons. The number of hydrogen-bond acceptors (Lipinski definition) is 1. The highest BCUT2D eigenvalue weighted by atomic mass is 19.1. The zero-order valence-corrected chi connectivity index (χ0v) is 14.4. The van der Waals surface area contributed by atoms with E-state index < -0.39 is 11.8 Å². The van der Waals surface area contributed by atoms with Gasteiger partial charge in [-0.15, -0.1) is 6.42 Å². The lowest BCUT2D eigenvalue weighted by Crippen LogP contribution is -2.54. The molecule has 0 amide bonds. The van der Waals surface area contributed by atoms with Crippen molar-refractivity contribution in [2.75, 3.05) is 0 Å². The fourth-order valence-electron chi connectivity index (χ4n) is 6.87. The number of aliphatic hydroxyl groups is 1. The van der Waals surface area contributed by atoms with E-state index in [1.165, 1.54) is 5.57 Å². The summed E-state index contributed by atoms with van der Waals surface area (Å²) in [5.74, 6) is 4.51. The molecule has 7 atom stereocenters. The van der Waals surface area contributed by atoms with Crippen LogP contribution in [-0.2, 0) is 0 Å². The van der Waals surface area contributed by atoms with Gasteiger partial charge in [-0.2, -0.15) is 0 Å². The molecule has 0 aromatic carbocycles. The van der Waals surface area contributed by atoms with Crippen LogP contribution in [0.25, 0.3) is 0 Å². The van der Waals surface area contributed by atoms with Gasteiger partial charge in [-0.1, -0.05) is 31.4 Å². The normalized spacial score (nSPS) is 55.2. The zero-order valence-electron chi connectivity index (χ0n) is 14.4. The van der Waals surface area contributed by atoms with Gasteiger partial charge in [0.05, 0.1) is 0 Å². The van der Waals surface area contributed by atoms with Gasteiger partial charge in [-0.3, -0.25) is 0 Å². The van der Waals surface area contributed by atoms with Crippen LogP contribution in [-0.4, -0.2) is 16.9 Å². The predicted molar refractivity (Wildman–Crippen MR) is 90.4 cm³/mol. The third-order valence-electron chi connectivity index (χ3n) is 8.43. The highest BCUT2D eigenvalue weighted by molar-refractivity contribution is 5.28. The third kappa shape index (κ3) is 1.89. The number of allylic oxidation sites excluding steroid dienone is 2. The highest BCUT2D eigenvalue weighted by Crippen LogP contribution is 2.67. The summed E-state index contributed by atoms with van der Waals surface area (Å²) in [5, 5.41) is 11.0. The topological polar surface area (TPSA) is 20.2 Å². The lowest BCUT2D eigenvalue weighted by atomic mass is 9.47. The van der Waals surface area contributed by atoms with E-state index in [0.717, 1.165) is 38.5 Å².